The molecule has 0 saturated heterocycles. The van der Waals surface area contributed by atoms with Crippen molar-refractivity contribution in [1.29, 1.82) is 5.26 Å². The highest BCUT2D eigenvalue weighted by Gasteiger charge is 2.20. The number of hydrogen-bond acceptors (Lipinski definition) is 2. The van der Waals surface area contributed by atoms with Gasteiger partial charge in [0.15, 0.2) is 5.78 Å². The maximum absolute atomic E-state index is 12.9. The lowest BCUT2D eigenvalue weighted by molar-refractivity contribution is -0.118. The summed E-state index contributed by atoms with van der Waals surface area (Å²) in [7, 11) is 0. The minimum atomic E-state index is -0.850. The first-order valence-corrected chi connectivity index (χ1v) is 6.33. The number of nitriles is 1. The lowest BCUT2D eigenvalue weighted by atomic mass is 9.92. The molecule has 0 aliphatic carbocycles. The predicted octanol–water partition coefficient (Wildman–Crippen LogP) is 3.55. The van der Waals surface area contributed by atoms with E-state index in [0.717, 1.165) is 11.1 Å². The van der Waals surface area contributed by atoms with Crippen molar-refractivity contribution in [1.82, 2.24) is 0 Å². The topological polar surface area (TPSA) is 40.9 Å². The van der Waals surface area contributed by atoms with Gasteiger partial charge in [-0.05, 0) is 30.2 Å². The molecule has 0 amide bonds. The fourth-order valence-electron chi connectivity index (χ4n) is 2.00. The normalized spacial score (nSPS) is 11.7. The molecule has 1 atom stereocenters. The van der Waals surface area contributed by atoms with E-state index in [1.807, 2.05) is 37.3 Å². The number of hydrogen-bond donors (Lipinski definition) is 0. The van der Waals surface area contributed by atoms with E-state index in [4.69, 9.17) is 0 Å². The quantitative estimate of drug-likeness (QED) is 0.850. The molecule has 0 spiro atoms. The van der Waals surface area contributed by atoms with Gasteiger partial charge in [-0.1, -0.05) is 42.0 Å². The third kappa shape index (κ3) is 3.30. The molecule has 0 aromatic heterocycles. The third-order valence-corrected chi connectivity index (χ3v) is 3.15. The van der Waals surface area contributed by atoms with Gasteiger partial charge in [0.05, 0.1) is 6.07 Å². The summed E-state index contributed by atoms with van der Waals surface area (Å²) in [6.45, 7) is 1.97. The number of carbonyl (C=O) groups is 1. The van der Waals surface area contributed by atoms with Crippen LogP contribution in [0.25, 0.3) is 0 Å². The summed E-state index contributed by atoms with van der Waals surface area (Å²) in [6.07, 6.45) is 0.204. The van der Waals surface area contributed by atoms with Crippen LogP contribution in [0, 0.1) is 24.1 Å². The fraction of sp³-hybridized carbons (Fsp3) is 0.176. The summed E-state index contributed by atoms with van der Waals surface area (Å²) in [5, 5.41) is 9.18. The fourth-order valence-corrected chi connectivity index (χ4v) is 2.00. The standard InChI is InChI=1S/C17H14FNO/c1-12-2-4-13(5-3-12)10-17(20)16(11-19)14-6-8-15(18)9-7-14/h2-9,16H,10H2,1H3. The van der Waals surface area contributed by atoms with E-state index < -0.39 is 5.92 Å². The van der Waals surface area contributed by atoms with Crippen molar-refractivity contribution in [3.63, 3.8) is 0 Å². The molecule has 20 heavy (non-hydrogen) atoms. The number of Topliss-reactive ketones (excluding diaryl/α,β-unsaturated/α-hetero) is 1. The van der Waals surface area contributed by atoms with Crippen LogP contribution < -0.4 is 0 Å². The molecule has 0 aliphatic rings. The van der Waals surface area contributed by atoms with Gasteiger partial charge in [0.2, 0.25) is 0 Å². The molecule has 0 fully saturated rings. The zero-order chi connectivity index (χ0) is 14.5. The van der Waals surface area contributed by atoms with Crippen LogP contribution in [0.5, 0.6) is 0 Å². The van der Waals surface area contributed by atoms with Gasteiger partial charge in [-0.2, -0.15) is 5.26 Å². The monoisotopic (exact) mass is 267 g/mol. The first-order valence-electron chi connectivity index (χ1n) is 6.33. The Bertz CT molecular complexity index is 638. The van der Waals surface area contributed by atoms with Crippen molar-refractivity contribution in [2.45, 2.75) is 19.3 Å². The minimum absolute atomic E-state index is 0.178. The second-order valence-electron chi connectivity index (χ2n) is 4.74. The smallest absolute Gasteiger partial charge is 0.158 e. The molecule has 0 aliphatic heterocycles. The predicted molar refractivity (Wildman–Crippen MR) is 74.6 cm³/mol. The summed E-state index contributed by atoms with van der Waals surface area (Å²) in [5.74, 6) is -1.41. The van der Waals surface area contributed by atoms with Crippen LogP contribution in [0.2, 0.25) is 0 Å². The molecule has 3 heteroatoms. The van der Waals surface area contributed by atoms with Crippen molar-refractivity contribution in [3.8, 4) is 6.07 Å². The Morgan fingerprint density at radius 1 is 1.15 bits per heavy atom. The average Bonchev–Trinajstić information content (AvgIpc) is 2.44. The molecule has 0 N–H and O–H groups in total. The lowest BCUT2D eigenvalue weighted by Gasteiger charge is -2.09. The van der Waals surface area contributed by atoms with Gasteiger partial charge in [0.25, 0.3) is 0 Å². The van der Waals surface area contributed by atoms with Crippen LogP contribution >= 0.6 is 0 Å². The van der Waals surface area contributed by atoms with Crippen LogP contribution in [-0.4, -0.2) is 5.78 Å². The number of carbonyl (C=O) groups excluding carboxylic acids is 1. The molecule has 2 aromatic rings. The Morgan fingerprint density at radius 3 is 2.30 bits per heavy atom. The Labute approximate surface area is 117 Å². The molecule has 0 bridgehead atoms. The van der Waals surface area contributed by atoms with E-state index in [-0.39, 0.29) is 18.0 Å². The SMILES string of the molecule is Cc1ccc(CC(=O)C(C#N)c2ccc(F)cc2)cc1. The minimum Gasteiger partial charge on any atom is -0.297 e. The van der Waals surface area contributed by atoms with E-state index in [9.17, 15) is 14.4 Å². The van der Waals surface area contributed by atoms with E-state index in [2.05, 4.69) is 0 Å². The molecule has 2 aromatic carbocycles. The molecule has 0 heterocycles. The number of aryl methyl sites for hydroxylation is 1. The Morgan fingerprint density at radius 2 is 1.75 bits per heavy atom. The van der Waals surface area contributed by atoms with Gasteiger partial charge in [-0.25, -0.2) is 4.39 Å². The van der Waals surface area contributed by atoms with Crippen LogP contribution in [0.15, 0.2) is 48.5 Å². The zero-order valence-electron chi connectivity index (χ0n) is 11.1. The van der Waals surface area contributed by atoms with Gasteiger partial charge in [0.1, 0.15) is 11.7 Å². The van der Waals surface area contributed by atoms with Crippen LogP contribution in [0.1, 0.15) is 22.6 Å². The van der Waals surface area contributed by atoms with Crippen LogP contribution in [0.4, 0.5) is 4.39 Å². The van der Waals surface area contributed by atoms with E-state index in [1.54, 1.807) is 0 Å². The van der Waals surface area contributed by atoms with Gasteiger partial charge in [-0.15, -0.1) is 0 Å². The van der Waals surface area contributed by atoms with Gasteiger partial charge in [-0.3, -0.25) is 4.79 Å². The van der Waals surface area contributed by atoms with Gasteiger partial charge < -0.3 is 0 Å². The Hall–Kier alpha value is -2.47. The third-order valence-electron chi connectivity index (χ3n) is 3.15. The first kappa shape index (κ1) is 14.0. The highest BCUT2D eigenvalue weighted by molar-refractivity contribution is 5.90. The van der Waals surface area contributed by atoms with Crippen LogP contribution in [-0.2, 0) is 11.2 Å². The largest absolute Gasteiger partial charge is 0.297 e. The summed E-state index contributed by atoms with van der Waals surface area (Å²) in [4.78, 5) is 12.2. The van der Waals surface area contributed by atoms with Gasteiger partial charge >= 0.3 is 0 Å². The second kappa shape index (κ2) is 6.12. The number of halogens is 1. The lowest BCUT2D eigenvalue weighted by Crippen LogP contribution is -2.13. The Kier molecular flexibility index (Phi) is 4.27. The maximum atomic E-state index is 12.9. The molecule has 1 unspecified atom stereocenters. The first-order chi connectivity index (χ1) is 9.60. The van der Waals surface area contributed by atoms with E-state index >= 15 is 0 Å². The summed E-state index contributed by atoms with van der Waals surface area (Å²) < 4.78 is 12.9. The Balaban J connectivity index is 2.15. The number of rotatable bonds is 4. The van der Waals surface area contributed by atoms with Crippen molar-refractivity contribution >= 4 is 5.78 Å². The maximum Gasteiger partial charge on any atom is 0.158 e. The molecule has 2 nitrogen and oxygen atoms in total. The van der Waals surface area contributed by atoms with Crippen LogP contribution in [0.3, 0.4) is 0 Å². The molecule has 100 valence electrons. The van der Waals surface area contributed by atoms with E-state index in [1.165, 1.54) is 24.3 Å². The highest BCUT2D eigenvalue weighted by Crippen LogP contribution is 2.19. The van der Waals surface area contributed by atoms with Crippen molar-refractivity contribution in [2.24, 2.45) is 0 Å². The summed E-state index contributed by atoms with van der Waals surface area (Å²) in [5.41, 5.74) is 2.53. The van der Waals surface area contributed by atoms with Crippen molar-refractivity contribution < 1.29 is 9.18 Å². The molecule has 2 rings (SSSR count). The number of nitrogens with zero attached hydrogens (tertiary/aromatic N) is 1. The molecule has 0 radical (unpaired) electrons. The van der Waals surface area contributed by atoms with Crippen molar-refractivity contribution in [3.05, 3.63) is 71.0 Å². The van der Waals surface area contributed by atoms with E-state index in [0.29, 0.717) is 5.56 Å². The zero-order valence-corrected chi connectivity index (χ0v) is 11.1. The molecule has 0 saturated carbocycles. The summed E-state index contributed by atoms with van der Waals surface area (Å²) >= 11 is 0. The van der Waals surface area contributed by atoms with Gasteiger partial charge in [0, 0.05) is 6.42 Å². The highest BCUT2D eigenvalue weighted by atomic mass is 19.1. The number of benzene rings is 2. The molecular formula is C17H14FNO. The molecular weight excluding hydrogens is 253 g/mol. The summed E-state index contributed by atoms with van der Waals surface area (Å²) in [6, 6.07) is 15.1. The number of ketones is 1. The average molecular weight is 267 g/mol. The van der Waals surface area contributed by atoms with Crippen molar-refractivity contribution in [2.75, 3.05) is 0 Å². The second-order valence-corrected chi connectivity index (χ2v) is 4.74.